The molecule has 0 radical (unpaired) electrons. The molecule has 0 bridgehead atoms. The Morgan fingerprint density at radius 3 is 2.64 bits per heavy atom. The van der Waals surface area contributed by atoms with E-state index in [1.54, 1.807) is 6.33 Å². The smallest absolute Gasteiger partial charge is 0.220 e. The van der Waals surface area contributed by atoms with Crippen molar-refractivity contribution in [1.29, 1.82) is 0 Å². The molecule has 0 saturated carbocycles. The summed E-state index contributed by atoms with van der Waals surface area (Å²) in [5, 5.41) is 6.16. The third kappa shape index (κ3) is 5.39. The van der Waals surface area contributed by atoms with Gasteiger partial charge in [0, 0.05) is 31.3 Å². The fraction of sp³-hybridized carbons (Fsp3) is 0.333. The number of amides is 1. The Morgan fingerprint density at radius 2 is 1.89 bits per heavy atom. The monoisotopic (exact) mass is 378 g/mol. The highest BCUT2D eigenvalue weighted by molar-refractivity contribution is 5.75. The van der Waals surface area contributed by atoms with Gasteiger partial charge in [0.05, 0.1) is 5.69 Å². The minimum absolute atomic E-state index is 0.0747. The van der Waals surface area contributed by atoms with Crippen molar-refractivity contribution in [2.45, 2.75) is 33.1 Å². The first kappa shape index (κ1) is 19.5. The highest BCUT2D eigenvalue weighted by Gasteiger charge is 2.07. The third-order valence-electron chi connectivity index (χ3n) is 4.62. The van der Waals surface area contributed by atoms with E-state index in [9.17, 15) is 4.79 Å². The number of nitrogens with one attached hydrogen (secondary N) is 2. The van der Waals surface area contributed by atoms with Crippen molar-refractivity contribution < 1.29 is 4.79 Å². The SMILES string of the molecule is Cc1ncn(-c2cc(NCCNC(=O)CCCc3ccccc3)ncn2)c1C. The molecule has 0 aliphatic rings. The number of rotatable bonds is 9. The van der Waals surface area contributed by atoms with Gasteiger partial charge in [-0.3, -0.25) is 9.36 Å². The first-order valence-electron chi connectivity index (χ1n) is 9.51. The summed E-state index contributed by atoms with van der Waals surface area (Å²) in [7, 11) is 0. The van der Waals surface area contributed by atoms with Crippen LogP contribution < -0.4 is 10.6 Å². The number of nitrogens with zero attached hydrogens (tertiary/aromatic N) is 4. The van der Waals surface area contributed by atoms with Gasteiger partial charge in [-0.2, -0.15) is 0 Å². The molecule has 0 saturated heterocycles. The van der Waals surface area contributed by atoms with Gasteiger partial charge in [-0.25, -0.2) is 15.0 Å². The summed E-state index contributed by atoms with van der Waals surface area (Å²) in [6.45, 7) is 5.12. The molecule has 3 rings (SSSR count). The normalized spacial score (nSPS) is 10.6. The van der Waals surface area contributed by atoms with E-state index in [-0.39, 0.29) is 5.91 Å². The summed E-state index contributed by atoms with van der Waals surface area (Å²) in [6.07, 6.45) is 5.58. The summed E-state index contributed by atoms with van der Waals surface area (Å²) in [6, 6.07) is 12.1. The average molecular weight is 378 g/mol. The van der Waals surface area contributed by atoms with Crippen LogP contribution in [0.15, 0.2) is 49.1 Å². The molecule has 0 aliphatic carbocycles. The fourth-order valence-corrected chi connectivity index (χ4v) is 2.88. The Balaban J connectivity index is 1.39. The summed E-state index contributed by atoms with van der Waals surface area (Å²) in [4.78, 5) is 24.8. The molecule has 2 heterocycles. The van der Waals surface area contributed by atoms with Crippen LogP contribution in [0.25, 0.3) is 5.82 Å². The first-order chi connectivity index (χ1) is 13.6. The number of aryl methyl sites for hydroxylation is 2. The zero-order valence-corrected chi connectivity index (χ0v) is 16.4. The van der Waals surface area contributed by atoms with E-state index < -0.39 is 0 Å². The third-order valence-corrected chi connectivity index (χ3v) is 4.62. The van der Waals surface area contributed by atoms with Crippen molar-refractivity contribution in [2.75, 3.05) is 18.4 Å². The summed E-state index contributed by atoms with van der Waals surface area (Å²) in [5.74, 6) is 1.56. The van der Waals surface area contributed by atoms with Crippen molar-refractivity contribution in [3.8, 4) is 5.82 Å². The fourth-order valence-electron chi connectivity index (χ4n) is 2.88. The summed E-state index contributed by atoms with van der Waals surface area (Å²) in [5.41, 5.74) is 3.29. The Labute approximate surface area is 165 Å². The lowest BCUT2D eigenvalue weighted by Crippen LogP contribution is -2.28. The van der Waals surface area contributed by atoms with Crippen molar-refractivity contribution >= 4 is 11.7 Å². The molecule has 0 aliphatic heterocycles. The molecule has 2 aromatic heterocycles. The van der Waals surface area contributed by atoms with Gasteiger partial charge < -0.3 is 10.6 Å². The second kappa shape index (κ2) is 9.64. The second-order valence-corrected chi connectivity index (χ2v) is 6.66. The molecule has 2 N–H and O–H groups in total. The Bertz CT molecular complexity index is 906. The molecule has 0 atom stereocenters. The number of aromatic nitrogens is 4. The van der Waals surface area contributed by atoms with Gasteiger partial charge in [-0.15, -0.1) is 0 Å². The first-order valence-corrected chi connectivity index (χ1v) is 9.51. The van der Waals surface area contributed by atoms with E-state index in [1.807, 2.05) is 42.7 Å². The van der Waals surface area contributed by atoms with Crippen molar-refractivity contribution in [3.05, 3.63) is 66.0 Å². The van der Waals surface area contributed by atoms with E-state index in [1.165, 1.54) is 11.9 Å². The van der Waals surface area contributed by atoms with Crippen molar-refractivity contribution in [1.82, 2.24) is 24.8 Å². The van der Waals surface area contributed by atoms with Gasteiger partial charge in [0.25, 0.3) is 0 Å². The quantitative estimate of drug-likeness (QED) is 0.559. The number of carbonyl (C=O) groups excluding carboxylic acids is 1. The zero-order valence-electron chi connectivity index (χ0n) is 16.4. The molecule has 0 fully saturated rings. The molecule has 28 heavy (non-hydrogen) atoms. The number of benzene rings is 1. The van der Waals surface area contributed by atoms with Gasteiger partial charge in [-0.05, 0) is 32.3 Å². The van der Waals surface area contributed by atoms with Gasteiger partial charge in [0.15, 0.2) is 0 Å². The molecule has 1 amide bonds. The number of anilines is 1. The van der Waals surface area contributed by atoms with Crippen molar-refractivity contribution in [3.63, 3.8) is 0 Å². The van der Waals surface area contributed by atoms with E-state index >= 15 is 0 Å². The molecule has 0 unspecified atom stereocenters. The number of carbonyl (C=O) groups is 1. The van der Waals surface area contributed by atoms with Crippen LogP contribution in [0.5, 0.6) is 0 Å². The number of hydrogen-bond acceptors (Lipinski definition) is 5. The molecule has 7 heteroatoms. The topological polar surface area (TPSA) is 84.7 Å². The highest BCUT2D eigenvalue weighted by Crippen LogP contribution is 2.13. The predicted molar refractivity (Wildman–Crippen MR) is 110 cm³/mol. The summed E-state index contributed by atoms with van der Waals surface area (Å²) >= 11 is 0. The zero-order chi connectivity index (χ0) is 19.8. The van der Waals surface area contributed by atoms with Crippen LogP contribution in [-0.2, 0) is 11.2 Å². The van der Waals surface area contributed by atoms with Gasteiger partial charge in [0.1, 0.15) is 24.3 Å². The lowest BCUT2D eigenvalue weighted by Gasteiger charge is -2.09. The Hall–Kier alpha value is -3.22. The minimum atomic E-state index is 0.0747. The number of hydrogen-bond donors (Lipinski definition) is 2. The standard InChI is InChI=1S/C21H26N6O/c1-16-17(2)27(15-26-16)20-13-19(24-14-25-20)22-11-12-23-21(28)10-6-9-18-7-4-3-5-8-18/h3-5,7-8,13-15H,6,9-12H2,1-2H3,(H,23,28)(H,22,24,25). The van der Waals surface area contributed by atoms with Crippen LogP contribution in [0, 0.1) is 13.8 Å². The molecule has 3 aromatic rings. The molecular formula is C21H26N6O. The largest absolute Gasteiger partial charge is 0.368 e. The maximum Gasteiger partial charge on any atom is 0.220 e. The van der Waals surface area contributed by atoms with Crippen LogP contribution in [0.4, 0.5) is 5.82 Å². The van der Waals surface area contributed by atoms with Crippen molar-refractivity contribution in [2.24, 2.45) is 0 Å². The predicted octanol–water partition coefficient (Wildman–Crippen LogP) is 2.83. The minimum Gasteiger partial charge on any atom is -0.368 e. The van der Waals surface area contributed by atoms with E-state index in [2.05, 4.69) is 37.7 Å². The Kier molecular flexibility index (Phi) is 6.73. The lowest BCUT2D eigenvalue weighted by molar-refractivity contribution is -0.121. The maximum absolute atomic E-state index is 11.9. The molecule has 0 spiro atoms. The molecule has 7 nitrogen and oxygen atoms in total. The molecule has 146 valence electrons. The molecular weight excluding hydrogens is 352 g/mol. The van der Waals surface area contributed by atoms with Crippen LogP contribution in [-0.4, -0.2) is 38.5 Å². The van der Waals surface area contributed by atoms with Crippen LogP contribution in [0.1, 0.15) is 29.8 Å². The maximum atomic E-state index is 11.9. The molecule has 1 aromatic carbocycles. The highest BCUT2D eigenvalue weighted by atomic mass is 16.1. The van der Waals surface area contributed by atoms with E-state index in [4.69, 9.17) is 0 Å². The van der Waals surface area contributed by atoms with Gasteiger partial charge in [0.2, 0.25) is 5.91 Å². The van der Waals surface area contributed by atoms with E-state index in [0.29, 0.717) is 25.3 Å². The lowest BCUT2D eigenvalue weighted by atomic mass is 10.1. The Morgan fingerprint density at radius 1 is 1.07 bits per heavy atom. The number of imidazole rings is 1. The van der Waals surface area contributed by atoms with Crippen LogP contribution in [0.3, 0.4) is 0 Å². The van der Waals surface area contributed by atoms with E-state index in [0.717, 1.165) is 30.0 Å². The summed E-state index contributed by atoms with van der Waals surface area (Å²) < 4.78 is 1.93. The van der Waals surface area contributed by atoms with Gasteiger partial charge in [-0.1, -0.05) is 30.3 Å². The average Bonchev–Trinajstić information content (AvgIpc) is 3.05. The van der Waals surface area contributed by atoms with Crippen LogP contribution in [0.2, 0.25) is 0 Å². The second-order valence-electron chi connectivity index (χ2n) is 6.66. The van der Waals surface area contributed by atoms with Gasteiger partial charge >= 0.3 is 0 Å². The van der Waals surface area contributed by atoms with Crippen LogP contribution >= 0.6 is 0 Å².